The average Bonchev–Trinajstić information content (AvgIpc) is 2.86. The third-order valence-corrected chi connectivity index (χ3v) is 4.78. The molecule has 1 aliphatic heterocycles. The van der Waals surface area contributed by atoms with Crippen LogP contribution in [0.3, 0.4) is 0 Å². The first kappa shape index (κ1) is 16.6. The zero-order chi connectivity index (χ0) is 18.1. The molecule has 0 saturated carbocycles. The van der Waals surface area contributed by atoms with Crippen LogP contribution in [0, 0.1) is 11.6 Å². The van der Waals surface area contributed by atoms with Crippen LogP contribution in [0.15, 0.2) is 48.5 Å². The first-order chi connectivity index (χ1) is 12.6. The Bertz CT molecular complexity index is 941. The van der Waals surface area contributed by atoms with E-state index in [1.54, 1.807) is 24.3 Å². The highest BCUT2D eigenvalue weighted by Crippen LogP contribution is 2.36. The molecule has 0 fully saturated rings. The highest BCUT2D eigenvalue weighted by Gasteiger charge is 2.25. The van der Waals surface area contributed by atoms with E-state index in [1.807, 2.05) is 12.1 Å². The van der Waals surface area contributed by atoms with Crippen molar-refractivity contribution in [2.45, 2.75) is 18.9 Å². The third kappa shape index (κ3) is 3.04. The summed E-state index contributed by atoms with van der Waals surface area (Å²) in [7, 11) is 0. The van der Waals surface area contributed by atoms with Crippen LogP contribution in [0.2, 0.25) is 0 Å². The molecular formula is C20H18F2N4. The number of fused-ring (bicyclic) bond motifs is 1. The largest absolute Gasteiger partial charge is 0.382 e. The molecule has 0 saturated heterocycles. The van der Waals surface area contributed by atoms with Crippen LogP contribution in [0.4, 0.5) is 14.6 Å². The molecule has 0 spiro atoms. The lowest BCUT2D eigenvalue weighted by molar-refractivity contribution is 0.595. The van der Waals surface area contributed by atoms with Crippen molar-refractivity contribution in [3.05, 3.63) is 76.9 Å². The third-order valence-electron chi connectivity index (χ3n) is 4.78. The Hall–Kier alpha value is -2.86. The quantitative estimate of drug-likeness (QED) is 0.739. The number of nitrogens with zero attached hydrogens (tertiary/aromatic N) is 2. The molecule has 3 N–H and O–H groups in total. The highest BCUT2D eigenvalue weighted by molar-refractivity contribution is 5.63. The fraction of sp³-hybridized carbons (Fsp3) is 0.200. The minimum absolute atomic E-state index is 0.0586. The van der Waals surface area contributed by atoms with Crippen LogP contribution in [-0.4, -0.2) is 16.7 Å². The first-order valence-corrected chi connectivity index (χ1v) is 8.50. The van der Waals surface area contributed by atoms with E-state index >= 15 is 4.39 Å². The smallest absolute Gasteiger partial charge is 0.146 e. The normalized spacial score (nSPS) is 16.8. The second kappa shape index (κ2) is 6.80. The summed E-state index contributed by atoms with van der Waals surface area (Å²) >= 11 is 0. The molecule has 0 aliphatic carbocycles. The molecule has 4 rings (SSSR count). The molecule has 2 aromatic carbocycles. The molecule has 1 unspecified atom stereocenters. The van der Waals surface area contributed by atoms with Gasteiger partial charge in [-0.3, -0.25) is 0 Å². The Balaban J connectivity index is 1.82. The van der Waals surface area contributed by atoms with Crippen LogP contribution in [0.25, 0.3) is 11.3 Å². The number of hydrogen-bond acceptors (Lipinski definition) is 4. The number of nitrogens with one attached hydrogen (secondary N) is 1. The van der Waals surface area contributed by atoms with Gasteiger partial charge in [0.25, 0.3) is 0 Å². The molecule has 6 heteroatoms. The summed E-state index contributed by atoms with van der Waals surface area (Å²) in [5.74, 6) is -0.374. The van der Waals surface area contributed by atoms with Crippen molar-refractivity contribution in [2.24, 2.45) is 0 Å². The van der Waals surface area contributed by atoms with Crippen molar-refractivity contribution < 1.29 is 8.78 Å². The van der Waals surface area contributed by atoms with Gasteiger partial charge in [-0.25, -0.2) is 8.78 Å². The standard InChI is InChI=1S/C20H18F2N4/c21-13-3-1-2-12(10-13)14-8-9-24-11-17-15(14)4-5-16(20(17)22)18-6-7-19(23)26-25-18/h1-7,10,14,24H,8-9,11H2,(H2,23,26). The van der Waals surface area contributed by atoms with E-state index in [9.17, 15) is 4.39 Å². The maximum atomic E-state index is 15.3. The minimum atomic E-state index is -0.322. The fourth-order valence-corrected chi connectivity index (χ4v) is 3.51. The van der Waals surface area contributed by atoms with Gasteiger partial charge in [-0.2, -0.15) is 0 Å². The zero-order valence-electron chi connectivity index (χ0n) is 14.0. The van der Waals surface area contributed by atoms with Crippen molar-refractivity contribution in [3.63, 3.8) is 0 Å². The number of rotatable bonds is 2. The number of nitrogen functional groups attached to an aromatic ring is 1. The maximum absolute atomic E-state index is 15.3. The average molecular weight is 352 g/mol. The van der Waals surface area contributed by atoms with Gasteiger partial charge in [-0.05, 0) is 54.4 Å². The second-order valence-electron chi connectivity index (χ2n) is 6.41. The van der Waals surface area contributed by atoms with Crippen LogP contribution >= 0.6 is 0 Å². The summed E-state index contributed by atoms with van der Waals surface area (Å²) in [5, 5.41) is 11.0. The highest BCUT2D eigenvalue weighted by atomic mass is 19.1. The lowest BCUT2D eigenvalue weighted by atomic mass is 9.85. The van der Waals surface area contributed by atoms with Gasteiger partial charge in [-0.15, -0.1) is 10.2 Å². The summed E-state index contributed by atoms with van der Waals surface area (Å²) in [6.45, 7) is 1.15. The molecule has 4 nitrogen and oxygen atoms in total. The van der Waals surface area contributed by atoms with Crippen molar-refractivity contribution in [1.82, 2.24) is 15.5 Å². The molecule has 26 heavy (non-hydrogen) atoms. The zero-order valence-corrected chi connectivity index (χ0v) is 14.0. The molecular weight excluding hydrogens is 334 g/mol. The number of aromatic nitrogens is 2. The molecule has 1 atom stereocenters. The van der Waals surface area contributed by atoms with Crippen molar-refractivity contribution in [2.75, 3.05) is 12.3 Å². The van der Waals surface area contributed by atoms with Gasteiger partial charge >= 0.3 is 0 Å². The Morgan fingerprint density at radius 3 is 2.69 bits per heavy atom. The fourth-order valence-electron chi connectivity index (χ4n) is 3.51. The van der Waals surface area contributed by atoms with E-state index in [0.717, 1.165) is 24.1 Å². The Kier molecular flexibility index (Phi) is 4.34. The second-order valence-corrected chi connectivity index (χ2v) is 6.41. The van der Waals surface area contributed by atoms with Gasteiger partial charge in [0.05, 0.1) is 5.69 Å². The molecule has 0 amide bonds. The SMILES string of the molecule is Nc1ccc(-c2ccc3c(c2F)CNCCC3c2cccc(F)c2)nn1. The predicted octanol–water partition coefficient (Wildman–Crippen LogP) is 3.63. The Labute approximate surface area is 150 Å². The molecule has 1 aliphatic rings. The number of halogens is 2. The molecule has 0 radical (unpaired) electrons. The van der Waals surface area contributed by atoms with Crippen LogP contribution in [0.1, 0.15) is 29.0 Å². The molecule has 2 heterocycles. The molecule has 0 bridgehead atoms. The van der Waals surface area contributed by atoms with Crippen LogP contribution in [0.5, 0.6) is 0 Å². The van der Waals surface area contributed by atoms with E-state index in [0.29, 0.717) is 23.4 Å². The van der Waals surface area contributed by atoms with E-state index in [4.69, 9.17) is 5.73 Å². The van der Waals surface area contributed by atoms with E-state index in [1.165, 1.54) is 12.1 Å². The maximum Gasteiger partial charge on any atom is 0.146 e. The van der Waals surface area contributed by atoms with E-state index in [2.05, 4.69) is 15.5 Å². The predicted molar refractivity (Wildman–Crippen MR) is 96.4 cm³/mol. The van der Waals surface area contributed by atoms with E-state index < -0.39 is 0 Å². The lowest BCUT2D eigenvalue weighted by Crippen LogP contribution is -2.13. The Morgan fingerprint density at radius 1 is 1.04 bits per heavy atom. The summed E-state index contributed by atoms with van der Waals surface area (Å²) in [6.07, 6.45) is 0.775. The van der Waals surface area contributed by atoms with Gasteiger partial charge in [0.15, 0.2) is 0 Å². The molecule has 3 aromatic rings. The van der Waals surface area contributed by atoms with Crippen molar-refractivity contribution >= 4 is 5.82 Å². The topological polar surface area (TPSA) is 63.8 Å². The number of hydrogen-bond donors (Lipinski definition) is 2. The van der Waals surface area contributed by atoms with Crippen LogP contribution < -0.4 is 11.1 Å². The van der Waals surface area contributed by atoms with Gasteiger partial charge in [0.2, 0.25) is 0 Å². The lowest BCUT2D eigenvalue weighted by Gasteiger charge is -2.19. The number of nitrogens with two attached hydrogens (primary N) is 1. The van der Waals surface area contributed by atoms with Crippen LogP contribution in [-0.2, 0) is 6.54 Å². The van der Waals surface area contributed by atoms with Gasteiger partial charge in [0.1, 0.15) is 17.5 Å². The number of benzene rings is 2. The van der Waals surface area contributed by atoms with Crippen molar-refractivity contribution in [1.29, 1.82) is 0 Å². The monoisotopic (exact) mass is 352 g/mol. The van der Waals surface area contributed by atoms with E-state index in [-0.39, 0.29) is 23.4 Å². The summed E-state index contributed by atoms with van der Waals surface area (Å²) in [6, 6.07) is 13.4. The van der Waals surface area contributed by atoms with Gasteiger partial charge in [-0.1, -0.05) is 18.2 Å². The summed E-state index contributed by atoms with van der Waals surface area (Å²) < 4.78 is 29.0. The first-order valence-electron chi connectivity index (χ1n) is 8.50. The van der Waals surface area contributed by atoms with Gasteiger partial charge in [0, 0.05) is 23.6 Å². The van der Waals surface area contributed by atoms with Crippen molar-refractivity contribution in [3.8, 4) is 11.3 Å². The molecule has 1 aromatic heterocycles. The summed E-state index contributed by atoms with van der Waals surface area (Å²) in [5.41, 5.74) is 8.71. The Morgan fingerprint density at radius 2 is 1.92 bits per heavy atom. The summed E-state index contributed by atoms with van der Waals surface area (Å²) in [4.78, 5) is 0. The minimum Gasteiger partial charge on any atom is -0.382 e. The molecule has 132 valence electrons. The van der Waals surface area contributed by atoms with Gasteiger partial charge < -0.3 is 11.1 Å². The number of anilines is 1.